The fourth-order valence-corrected chi connectivity index (χ4v) is 7.02. The molecule has 0 N–H and O–H groups in total. The fraction of sp³-hybridized carbons (Fsp3) is 1.00. The molecule has 0 spiro atoms. The summed E-state index contributed by atoms with van der Waals surface area (Å²) in [5.74, 6) is 1.77. The maximum absolute atomic E-state index is 15.1. The van der Waals surface area contributed by atoms with Gasteiger partial charge in [0.15, 0.2) is 0 Å². The van der Waals surface area contributed by atoms with E-state index in [-0.39, 0.29) is 17.8 Å². The van der Waals surface area contributed by atoms with Crippen molar-refractivity contribution >= 4 is 0 Å². The van der Waals surface area contributed by atoms with Crippen LogP contribution in [0.1, 0.15) is 110 Å². The summed E-state index contributed by atoms with van der Waals surface area (Å²) in [6, 6.07) is 0. The van der Waals surface area contributed by atoms with Crippen molar-refractivity contribution in [3.63, 3.8) is 0 Å². The number of hydrogen-bond acceptors (Lipinski definition) is 0. The zero-order chi connectivity index (χ0) is 20.8. The largest absolute Gasteiger partial charge is 0.247 e. The average molecular weight is 415 g/mol. The molecule has 0 heterocycles. The highest BCUT2D eigenvalue weighted by Gasteiger charge is 2.46. The molecule has 0 nitrogen and oxygen atoms in total. The van der Waals surface area contributed by atoms with Crippen molar-refractivity contribution in [1.82, 2.24) is 0 Å². The Morgan fingerprint density at radius 3 is 2.03 bits per heavy atom. The molecule has 0 radical (unpaired) electrons. The molecule has 3 aliphatic carbocycles. The van der Waals surface area contributed by atoms with Gasteiger partial charge in [-0.2, -0.15) is 0 Å². The minimum absolute atomic E-state index is 0.0683. The van der Waals surface area contributed by atoms with E-state index in [1.165, 1.54) is 44.9 Å². The molecule has 3 aliphatic rings. The van der Waals surface area contributed by atoms with Crippen molar-refractivity contribution in [1.29, 1.82) is 0 Å². The second kappa shape index (κ2) is 11.4. The standard InChI is InChI=1S/C26H45F3/c1-3-6-18(2)7-4-8-19-11-13-20(14-12-19)23-15-16-24(26(29)25(23)28)21-9-5-10-22(27)17-21/h18-26H,3-17H2,1-2H3. The van der Waals surface area contributed by atoms with Gasteiger partial charge in [-0.3, -0.25) is 0 Å². The van der Waals surface area contributed by atoms with Crippen LogP contribution in [0.4, 0.5) is 13.2 Å². The Hall–Kier alpha value is -0.210. The molecule has 3 rings (SSSR count). The van der Waals surface area contributed by atoms with Crippen LogP contribution in [0, 0.1) is 35.5 Å². The van der Waals surface area contributed by atoms with Gasteiger partial charge in [-0.05, 0) is 80.5 Å². The van der Waals surface area contributed by atoms with Gasteiger partial charge in [-0.1, -0.05) is 65.2 Å². The third-order valence-electron chi connectivity index (χ3n) is 8.80. The monoisotopic (exact) mass is 414 g/mol. The van der Waals surface area contributed by atoms with Crippen LogP contribution < -0.4 is 0 Å². The minimum Gasteiger partial charge on any atom is -0.247 e. The van der Waals surface area contributed by atoms with E-state index in [9.17, 15) is 4.39 Å². The Labute approximate surface area is 177 Å². The first-order valence-corrected chi connectivity index (χ1v) is 12.9. The molecule has 29 heavy (non-hydrogen) atoms. The Morgan fingerprint density at radius 1 is 0.759 bits per heavy atom. The number of alkyl halides is 3. The van der Waals surface area contributed by atoms with E-state index in [0.717, 1.165) is 50.4 Å². The molecule has 7 atom stereocenters. The molecule has 7 unspecified atom stereocenters. The summed E-state index contributed by atoms with van der Waals surface area (Å²) in [5, 5.41) is 0. The van der Waals surface area contributed by atoms with Crippen molar-refractivity contribution in [3.8, 4) is 0 Å². The van der Waals surface area contributed by atoms with Crippen molar-refractivity contribution in [3.05, 3.63) is 0 Å². The lowest BCUT2D eigenvalue weighted by molar-refractivity contribution is -0.0395. The van der Waals surface area contributed by atoms with Crippen LogP contribution >= 0.6 is 0 Å². The predicted molar refractivity (Wildman–Crippen MR) is 116 cm³/mol. The van der Waals surface area contributed by atoms with Crippen molar-refractivity contribution in [2.45, 2.75) is 129 Å². The smallest absolute Gasteiger partial charge is 0.134 e. The molecule has 3 saturated carbocycles. The van der Waals surface area contributed by atoms with Gasteiger partial charge in [0.2, 0.25) is 0 Å². The molecule has 0 aromatic heterocycles. The average Bonchev–Trinajstić information content (AvgIpc) is 2.71. The van der Waals surface area contributed by atoms with E-state index in [0.29, 0.717) is 18.8 Å². The molecule has 0 aromatic rings. The topological polar surface area (TPSA) is 0 Å². The lowest BCUT2D eigenvalue weighted by Crippen LogP contribution is -2.45. The molecular formula is C26H45F3. The number of halogens is 3. The van der Waals surface area contributed by atoms with Crippen molar-refractivity contribution in [2.75, 3.05) is 0 Å². The van der Waals surface area contributed by atoms with Gasteiger partial charge in [0.05, 0.1) is 0 Å². The summed E-state index contributed by atoms with van der Waals surface area (Å²) in [6.07, 6.45) is 12.2. The minimum atomic E-state index is -1.36. The summed E-state index contributed by atoms with van der Waals surface area (Å²) >= 11 is 0. The Balaban J connectivity index is 1.41. The maximum Gasteiger partial charge on any atom is 0.134 e. The lowest BCUT2D eigenvalue weighted by atomic mass is 9.64. The molecule has 0 aliphatic heterocycles. The van der Waals surface area contributed by atoms with E-state index in [1.807, 2.05) is 0 Å². The first-order chi connectivity index (χ1) is 14.0. The molecule has 3 heteroatoms. The summed E-state index contributed by atoms with van der Waals surface area (Å²) in [6.45, 7) is 4.63. The van der Waals surface area contributed by atoms with Crippen LogP contribution in [0.25, 0.3) is 0 Å². The van der Waals surface area contributed by atoms with Crippen LogP contribution in [-0.2, 0) is 0 Å². The molecule has 0 saturated heterocycles. The van der Waals surface area contributed by atoms with Gasteiger partial charge in [0.25, 0.3) is 0 Å². The van der Waals surface area contributed by atoms with Gasteiger partial charge >= 0.3 is 0 Å². The van der Waals surface area contributed by atoms with Gasteiger partial charge in [0.1, 0.15) is 18.5 Å². The highest BCUT2D eigenvalue weighted by Crippen LogP contribution is 2.48. The van der Waals surface area contributed by atoms with Crippen LogP contribution in [0.2, 0.25) is 0 Å². The first kappa shape index (κ1) is 23.5. The van der Waals surface area contributed by atoms with Crippen LogP contribution in [0.3, 0.4) is 0 Å². The highest BCUT2D eigenvalue weighted by molar-refractivity contribution is 4.95. The zero-order valence-electron chi connectivity index (χ0n) is 18.9. The lowest BCUT2D eigenvalue weighted by Gasteiger charge is -2.44. The molecule has 0 amide bonds. The summed E-state index contributed by atoms with van der Waals surface area (Å²) in [4.78, 5) is 0. The summed E-state index contributed by atoms with van der Waals surface area (Å²) < 4.78 is 43.9. The zero-order valence-corrected chi connectivity index (χ0v) is 18.9. The van der Waals surface area contributed by atoms with E-state index >= 15 is 8.78 Å². The Bertz CT molecular complexity index is 459. The second-order valence-corrected chi connectivity index (χ2v) is 10.9. The molecular weight excluding hydrogens is 369 g/mol. The first-order valence-electron chi connectivity index (χ1n) is 12.9. The van der Waals surface area contributed by atoms with E-state index < -0.39 is 18.5 Å². The van der Waals surface area contributed by atoms with Crippen LogP contribution in [0.15, 0.2) is 0 Å². The fourth-order valence-electron chi connectivity index (χ4n) is 7.02. The molecule has 3 fully saturated rings. The van der Waals surface area contributed by atoms with Gasteiger partial charge in [-0.15, -0.1) is 0 Å². The van der Waals surface area contributed by atoms with Crippen molar-refractivity contribution in [2.24, 2.45) is 35.5 Å². The Morgan fingerprint density at radius 2 is 1.41 bits per heavy atom. The van der Waals surface area contributed by atoms with Crippen LogP contribution in [-0.4, -0.2) is 18.5 Å². The summed E-state index contributed by atoms with van der Waals surface area (Å²) in [5.41, 5.74) is 0. The third-order valence-corrected chi connectivity index (χ3v) is 8.80. The van der Waals surface area contributed by atoms with Gasteiger partial charge in [0, 0.05) is 0 Å². The van der Waals surface area contributed by atoms with Crippen LogP contribution in [0.5, 0.6) is 0 Å². The third kappa shape index (κ3) is 6.39. The normalized spacial score (nSPS) is 42.5. The van der Waals surface area contributed by atoms with Gasteiger partial charge in [-0.25, -0.2) is 13.2 Å². The molecule has 0 bridgehead atoms. The maximum atomic E-state index is 15.1. The number of rotatable bonds is 8. The SMILES string of the molecule is CCCC(C)CCCC1CCC(C2CCC(C3CCCC(F)C3)C(F)C2F)CC1. The van der Waals surface area contributed by atoms with Crippen molar-refractivity contribution < 1.29 is 13.2 Å². The van der Waals surface area contributed by atoms with E-state index in [2.05, 4.69) is 13.8 Å². The molecule has 170 valence electrons. The Kier molecular flexibility index (Phi) is 9.24. The van der Waals surface area contributed by atoms with E-state index in [1.54, 1.807) is 0 Å². The second-order valence-electron chi connectivity index (χ2n) is 10.9. The quantitative estimate of drug-likeness (QED) is 0.373. The summed E-state index contributed by atoms with van der Waals surface area (Å²) in [7, 11) is 0. The predicted octanol–water partition coefficient (Wildman–Crippen LogP) is 8.63. The van der Waals surface area contributed by atoms with E-state index in [4.69, 9.17) is 0 Å². The molecule has 0 aromatic carbocycles. The number of hydrogen-bond donors (Lipinski definition) is 0. The highest BCUT2D eigenvalue weighted by atomic mass is 19.2. The van der Waals surface area contributed by atoms with Gasteiger partial charge < -0.3 is 0 Å².